The number of carbonyl (C=O) groups is 1. The van der Waals surface area contributed by atoms with Crippen molar-refractivity contribution in [1.82, 2.24) is 9.97 Å². The third-order valence-electron chi connectivity index (χ3n) is 2.67. The number of aromatic nitrogens is 2. The van der Waals surface area contributed by atoms with E-state index in [1.54, 1.807) is 4.90 Å². The van der Waals surface area contributed by atoms with Crippen molar-refractivity contribution in [2.75, 3.05) is 18.2 Å². The van der Waals surface area contributed by atoms with E-state index in [-0.39, 0.29) is 19.2 Å². The summed E-state index contributed by atoms with van der Waals surface area (Å²) in [4.78, 5) is 21.6. The van der Waals surface area contributed by atoms with E-state index in [1.165, 1.54) is 0 Å². The van der Waals surface area contributed by atoms with E-state index < -0.39 is 0 Å². The van der Waals surface area contributed by atoms with Crippen LogP contribution in [0.25, 0.3) is 0 Å². The summed E-state index contributed by atoms with van der Waals surface area (Å²) in [5.41, 5.74) is 1.97. The van der Waals surface area contributed by atoms with Crippen molar-refractivity contribution in [3.8, 4) is 0 Å². The summed E-state index contributed by atoms with van der Waals surface area (Å²) < 4.78 is 4.89. The lowest BCUT2D eigenvalue weighted by Crippen LogP contribution is -2.22. The molecule has 0 aromatic carbocycles. The maximum absolute atomic E-state index is 11.0. The molecule has 1 aromatic rings. The number of nitrogens with zero attached hydrogens (tertiary/aromatic N) is 3. The minimum Gasteiger partial charge on any atom is -0.443 e. The second-order valence-electron chi connectivity index (χ2n) is 4.25. The van der Waals surface area contributed by atoms with Gasteiger partial charge in [0.1, 0.15) is 6.54 Å². The van der Waals surface area contributed by atoms with E-state index in [4.69, 9.17) is 4.74 Å². The summed E-state index contributed by atoms with van der Waals surface area (Å²) in [7, 11) is 0. The zero-order valence-corrected chi connectivity index (χ0v) is 10.3. The highest BCUT2D eigenvalue weighted by molar-refractivity contribution is 5.77. The molecule has 0 unspecified atom stereocenters. The summed E-state index contributed by atoms with van der Waals surface area (Å²) >= 11 is 0. The van der Waals surface area contributed by atoms with Crippen molar-refractivity contribution in [3.05, 3.63) is 17.5 Å². The van der Waals surface area contributed by atoms with Crippen LogP contribution in [0.1, 0.15) is 31.2 Å². The average molecular weight is 235 g/mol. The van der Waals surface area contributed by atoms with Gasteiger partial charge in [0.25, 0.3) is 0 Å². The Labute approximate surface area is 101 Å². The van der Waals surface area contributed by atoms with Gasteiger partial charge >= 0.3 is 5.97 Å². The molecule has 0 aliphatic carbocycles. The van der Waals surface area contributed by atoms with Crippen LogP contribution >= 0.6 is 0 Å². The number of hydrogen-bond donors (Lipinski definition) is 0. The number of cyclic esters (lactones) is 1. The fraction of sp³-hybridized carbons (Fsp3) is 0.583. The highest BCUT2D eigenvalue weighted by atomic mass is 16.6. The van der Waals surface area contributed by atoms with Crippen LogP contribution in [0.3, 0.4) is 0 Å². The normalized spacial score (nSPS) is 15.2. The minimum absolute atomic E-state index is 0.217. The lowest BCUT2D eigenvalue weighted by molar-refractivity contribution is -0.136. The molecule has 5 heteroatoms. The largest absolute Gasteiger partial charge is 0.443 e. The van der Waals surface area contributed by atoms with Gasteiger partial charge in [0.05, 0.1) is 0 Å². The van der Waals surface area contributed by atoms with Gasteiger partial charge in [-0.2, -0.15) is 0 Å². The SMILES string of the molecule is CCCCc1cc(C)nc(N2COC(=O)C2)n1. The van der Waals surface area contributed by atoms with Gasteiger partial charge in [-0.05, 0) is 25.8 Å². The van der Waals surface area contributed by atoms with E-state index >= 15 is 0 Å². The molecule has 1 fully saturated rings. The van der Waals surface area contributed by atoms with Gasteiger partial charge in [0.2, 0.25) is 5.95 Å². The van der Waals surface area contributed by atoms with Crippen LogP contribution < -0.4 is 4.90 Å². The number of anilines is 1. The van der Waals surface area contributed by atoms with Crippen molar-refractivity contribution >= 4 is 11.9 Å². The Morgan fingerprint density at radius 1 is 1.47 bits per heavy atom. The molecule has 0 saturated carbocycles. The quantitative estimate of drug-likeness (QED) is 0.739. The number of ether oxygens (including phenoxy) is 1. The Balaban J connectivity index is 2.16. The Hall–Kier alpha value is -1.65. The van der Waals surface area contributed by atoms with Crippen molar-refractivity contribution in [1.29, 1.82) is 0 Å². The van der Waals surface area contributed by atoms with Gasteiger partial charge in [-0.25, -0.2) is 9.97 Å². The van der Waals surface area contributed by atoms with E-state index in [0.717, 1.165) is 30.7 Å². The molecular formula is C12H17N3O2. The molecule has 1 saturated heterocycles. The maximum Gasteiger partial charge on any atom is 0.327 e. The minimum atomic E-state index is -0.217. The van der Waals surface area contributed by atoms with Crippen LogP contribution in [0, 0.1) is 6.92 Å². The first kappa shape index (κ1) is 11.8. The smallest absolute Gasteiger partial charge is 0.327 e. The summed E-state index contributed by atoms with van der Waals surface area (Å²) in [6.45, 7) is 4.60. The molecule has 5 nitrogen and oxygen atoms in total. The number of aryl methyl sites for hydroxylation is 2. The second-order valence-corrected chi connectivity index (χ2v) is 4.25. The molecule has 0 radical (unpaired) electrons. The molecule has 92 valence electrons. The number of carbonyl (C=O) groups excluding carboxylic acids is 1. The molecule has 1 aromatic heterocycles. The van der Waals surface area contributed by atoms with Gasteiger partial charge in [0.15, 0.2) is 6.73 Å². The Morgan fingerprint density at radius 3 is 2.94 bits per heavy atom. The fourth-order valence-corrected chi connectivity index (χ4v) is 1.77. The predicted octanol–water partition coefficient (Wildman–Crippen LogP) is 1.45. The van der Waals surface area contributed by atoms with Crippen LogP contribution in [-0.4, -0.2) is 29.2 Å². The predicted molar refractivity (Wildman–Crippen MR) is 63.7 cm³/mol. The average Bonchev–Trinajstić information content (AvgIpc) is 2.72. The van der Waals surface area contributed by atoms with Gasteiger partial charge < -0.3 is 4.74 Å². The molecular weight excluding hydrogens is 218 g/mol. The molecule has 2 heterocycles. The summed E-state index contributed by atoms with van der Waals surface area (Å²) in [5.74, 6) is 0.382. The van der Waals surface area contributed by atoms with Crippen LogP contribution in [0.5, 0.6) is 0 Å². The first-order chi connectivity index (χ1) is 8.19. The highest BCUT2D eigenvalue weighted by Gasteiger charge is 2.23. The van der Waals surface area contributed by atoms with Crippen molar-refractivity contribution in [2.45, 2.75) is 33.1 Å². The van der Waals surface area contributed by atoms with E-state index in [9.17, 15) is 4.79 Å². The zero-order chi connectivity index (χ0) is 12.3. The monoisotopic (exact) mass is 235 g/mol. The van der Waals surface area contributed by atoms with Crippen molar-refractivity contribution in [3.63, 3.8) is 0 Å². The molecule has 0 N–H and O–H groups in total. The third-order valence-corrected chi connectivity index (χ3v) is 2.67. The Bertz CT molecular complexity index is 420. The van der Waals surface area contributed by atoms with Crippen molar-refractivity contribution < 1.29 is 9.53 Å². The number of unbranched alkanes of at least 4 members (excludes halogenated alkanes) is 1. The van der Waals surface area contributed by atoms with Crippen molar-refractivity contribution in [2.24, 2.45) is 0 Å². The van der Waals surface area contributed by atoms with Gasteiger partial charge in [0, 0.05) is 11.4 Å². The maximum atomic E-state index is 11.0. The number of rotatable bonds is 4. The topological polar surface area (TPSA) is 55.3 Å². The van der Waals surface area contributed by atoms with E-state index in [0.29, 0.717) is 5.95 Å². The summed E-state index contributed by atoms with van der Waals surface area (Å²) in [6.07, 6.45) is 3.21. The zero-order valence-electron chi connectivity index (χ0n) is 10.3. The first-order valence-corrected chi connectivity index (χ1v) is 5.94. The van der Waals surface area contributed by atoms with Gasteiger partial charge in [-0.1, -0.05) is 13.3 Å². The van der Waals surface area contributed by atoms with Gasteiger partial charge in [-0.15, -0.1) is 0 Å². The molecule has 17 heavy (non-hydrogen) atoms. The van der Waals surface area contributed by atoms with Crippen LogP contribution in [0.4, 0.5) is 5.95 Å². The van der Waals surface area contributed by atoms with Crippen LogP contribution in [-0.2, 0) is 16.0 Å². The van der Waals surface area contributed by atoms with E-state index in [1.807, 2.05) is 13.0 Å². The molecule has 1 aliphatic heterocycles. The molecule has 1 aliphatic rings. The summed E-state index contributed by atoms with van der Waals surface area (Å²) in [5, 5.41) is 0. The molecule has 2 rings (SSSR count). The highest BCUT2D eigenvalue weighted by Crippen LogP contribution is 2.14. The molecule has 0 amide bonds. The molecule has 0 bridgehead atoms. The van der Waals surface area contributed by atoms with Gasteiger partial charge in [-0.3, -0.25) is 9.69 Å². The van der Waals surface area contributed by atoms with Crippen LogP contribution in [0.15, 0.2) is 6.07 Å². The second kappa shape index (κ2) is 5.12. The number of hydrogen-bond acceptors (Lipinski definition) is 5. The fourth-order valence-electron chi connectivity index (χ4n) is 1.77. The third kappa shape index (κ3) is 2.93. The molecule has 0 atom stereocenters. The lowest BCUT2D eigenvalue weighted by Gasteiger charge is -2.13. The first-order valence-electron chi connectivity index (χ1n) is 5.94. The number of esters is 1. The van der Waals surface area contributed by atoms with E-state index in [2.05, 4.69) is 16.9 Å². The molecule has 0 spiro atoms. The lowest BCUT2D eigenvalue weighted by atomic mass is 10.2. The standard InChI is InChI=1S/C12H17N3O2/c1-3-4-5-10-6-9(2)13-12(14-10)15-7-11(16)17-8-15/h6H,3-5,7-8H2,1-2H3. The Kier molecular flexibility index (Phi) is 3.56. The Morgan fingerprint density at radius 2 is 2.29 bits per heavy atom. The van der Waals surface area contributed by atoms with Crippen LogP contribution in [0.2, 0.25) is 0 Å². The summed E-state index contributed by atoms with van der Waals surface area (Å²) in [6, 6.07) is 2.00.